The standard InChI is InChI=1S/C11H12O4.C10H14O3/c12-11-14-7-10(8-15-11)13-6-9-4-2-1-3-5-9;11-6-10(7-12)13-8-9-4-2-1-3-5-9/h1-5,10H,6-8H2;1-5,10-12H,6-8H2. The molecule has 0 saturated carbocycles. The fourth-order valence-corrected chi connectivity index (χ4v) is 2.25. The third-order valence-electron chi connectivity index (χ3n) is 3.84. The maximum Gasteiger partial charge on any atom is 0.508 e. The maximum atomic E-state index is 10.6. The Hall–Kier alpha value is -2.45. The van der Waals surface area contributed by atoms with Crippen LogP contribution in [0.1, 0.15) is 11.1 Å². The third-order valence-corrected chi connectivity index (χ3v) is 3.84. The molecule has 0 aliphatic carbocycles. The van der Waals surface area contributed by atoms with E-state index in [0.717, 1.165) is 11.1 Å². The van der Waals surface area contributed by atoms with E-state index in [0.29, 0.717) is 13.2 Å². The number of hydrogen-bond acceptors (Lipinski definition) is 7. The van der Waals surface area contributed by atoms with Crippen LogP contribution in [0.2, 0.25) is 0 Å². The quantitative estimate of drug-likeness (QED) is 0.668. The van der Waals surface area contributed by atoms with Gasteiger partial charge in [-0.15, -0.1) is 0 Å². The molecule has 152 valence electrons. The first kappa shape index (κ1) is 21.8. The van der Waals surface area contributed by atoms with E-state index < -0.39 is 12.3 Å². The highest BCUT2D eigenvalue weighted by Gasteiger charge is 2.21. The molecule has 0 unspecified atom stereocenters. The average Bonchev–Trinajstić information content (AvgIpc) is 2.76. The normalized spacial score (nSPS) is 14.0. The Kier molecular flexibility index (Phi) is 10.0. The summed E-state index contributed by atoms with van der Waals surface area (Å²) in [4.78, 5) is 10.6. The first-order valence-electron chi connectivity index (χ1n) is 9.03. The van der Waals surface area contributed by atoms with Gasteiger partial charge in [0.1, 0.15) is 25.4 Å². The van der Waals surface area contributed by atoms with E-state index in [1.807, 2.05) is 60.7 Å². The van der Waals surface area contributed by atoms with Gasteiger partial charge in [-0.05, 0) is 11.1 Å². The largest absolute Gasteiger partial charge is 0.508 e. The Labute approximate surface area is 164 Å². The van der Waals surface area contributed by atoms with Crippen molar-refractivity contribution in [3.05, 3.63) is 71.8 Å². The molecular weight excluding hydrogens is 364 g/mol. The molecule has 2 aromatic rings. The molecule has 1 fully saturated rings. The summed E-state index contributed by atoms with van der Waals surface area (Å²) in [6.45, 7) is 1.17. The van der Waals surface area contributed by atoms with Crippen LogP contribution in [0.25, 0.3) is 0 Å². The van der Waals surface area contributed by atoms with Gasteiger partial charge in [0.15, 0.2) is 0 Å². The SMILES string of the molecule is O=C1OCC(OCc2ccccc2)CO1.OCC(CO)OCc1ccccc1. The zero-order valence-corrected chi connectivity index (χ0v) is 15.6. The van der Waals surface area contributed by atoms with Gasteiger partial charge in [-0.25, -0.2) is 4.79 Å². The predicted molar refractivity (Wildman–Crippen MR) is 102 cm³/mol. The molecule has 7 heteroatoms. The van der Waals surface area contributed by atoms with Crippen molar-refractivity contribution in [3.63, 3.8) is 0 Å². The number of aliphatic hydroxyl groups is 2. The van der Waals surface area contributed by atoms with Crippen LogP contribution in [0.4, 0.5) is 4.79 Å². The lowest BCUT2D eigenvalue weighted by Crippen LogP contribution is -2.33. The van der Waals surface area contributed by atoms with Crippen molar-refractivity contribution < 1.29 is 34.0 Å². The number of benzene rings is 2. The van der Waals surface area contributed by atoms with Gasteiger partial charge in [-0.1, -0.05) is 60.7 Å². The summed E-state index contributed by atoms with van der Waals surface area (Å²) in [6.07, 6.45) is -1.25. The fourth-order valence-electron chi connectivity index (χ4n) is 2.25. The fraction of sp³-hybridized carbons (Fsp3) is 0.381. The molecule has 0 atom stereocenters. The molecule has 0 amide bonds. The van der Waals surface area contributed by atoms with E-state index in [4.69, 9.17) is 29.2 Å². The molecule has 0 spiro atoms. The average molecular weight is 390 g/mol. The van der Waals surface area contributed by atoms with Crippen molar-refractivity contribution in [3.8, 4) is 0 Å². The zero-order valence-electron chi connectivity index (χ0n) is 15.6. The van der Waals surface area contributed by atoms with Crippen molar-refractivity contribution in [1.82, 2.24) is 0 Å². The van der Waals surface area contributed by atoms with E-state index in [-0.39, 0.29) is 32.5 Å². The summed E-state index contributed by atoms with van der Waals surface area (Å²) < 4.78 is 20.1. The summed E-state index contributed by atoms with van der Waals surface area (Å²) in [5.74, 6) is 0. The highest BCUT2D eigenvalue weighted by molar-refractivity contribution is 5.60. The summed E-state index contributed by atoms with van der Waals surface area (Å²) in [7, 11) is 0. The van der Waals surface area contributed by atoms with Crippen LogP contribution >= 0.6 is 0 Å². The van der Waals surface area contributed by atoms with Gasteiger partial charge in [0.25, 0.3) is 0 Å². The minimum absolute atomic E-state index is 0.149. The van der Waals surface area contributed by atoms with Crippen LogP contribution in [-0.2, 0) is 32.2 Å². The number of hydrogen-bond donors (Lipinski definition) is 2. The first-order chi connectivity index (χ1) is 13.7. The van der Waals surface area contributed by atoms with Gasteiger partial charge in [0, 0.05) is 0 Å². The Morgan fingerprint density at radius 3 is 1.86 bits per heavy atom. The smallest absolute Gasteiger partial charge is 0.431 e. The van der Waals surface area contributed by atoms with Crippen LogP contribution in [0.15, 0.2) is 60.7 Å². The minimum atomic E-state index is -0.616. The minimum Gasteiger partial charge on any atom is -0.431 e. The van der Waals surface area contributed by atoms with Gasteiger partial charge in [0.2, 0.25) is 0 Å². The van der Waals surface area contributed by atoms with Crippen molar-refractivity contribution >= 4 is 6.16 Å². The van der Waals surface area contributed by atoms with Crippen LogP contribution < -0.4 is 0 Å². The Bertz CT molecular complexity index is 649. The number of cyclic esters (lactones) is 2. The third kappa shape index (κ3) is 8.49. The second kappa shape index (κ2) is 12.9. The zero-order chi connectivity index (χ0) is 20.0. The number of ether oxygens (including phenoxy) is 4. The van der Waals surface area contributed by atoms with Crippen LogP contribution in [0.3, 0.4) is 0 Å². The van der Waals surface area contributed by atoms with E-state index in [1.54, 1.807) is 0 Å². The van der Waals surface area contributed by atoms with Gasteiger partial charge in [0.05, 0.1) is 26.4 Å². The van der Waals surface area contributed by atoms with Crippen molar-refractivity contribution in [1.29, 1.82) is 0 Å². The molecule has 1 saturated heterocycles. The molecule has 28 heavy (non-hydrogen) atoms. The molecule has 1 aliphatic rings. The van der Waals surface area contributed by atoms with Crippen LogP contribution in [-0.4, -0.2) is 55.0 Å². The molecule has 1 aliphatic heterocycles. The van der Waals surface area contributed by atoms with Crippen molar-refractivity contribution in [2.75, 3.05) is 26.4 Å². The molecule has 0 bridgehead atoms. The molecule has 2 aromatic carbocycles. The number of carbonyl (C=O) groups is 1. The number of aliphatic hydroxyl groups excluding tert-OH is 2. The molecule has 0 aromatic heterocycles. The van der Waals surface area contributed by atoms with Gasteiger partial charge >= 0.3 is 6.16 Å². The summed E-state index contributed by atoms with van der Waals surface area (Å²) in [5, 5.41) is 17.4. The van der Waals surface area contributed by atoms with Crippen molar-refractivity contribution in [2.45, 2.75) is 25.4 Å². The predicted octanol–water partition coefficient (Wildman–Crippen LogP) is 2.29. The maximum absolute atomic E-state index is 10.6. The van der Waals surface area contributed by atoms with Crippen LogP contribution in [0, 0.1) is 0 Å². The van der Waals surface area contributed by atoms with E-state index in [9.17, 15) is 4.79 Å². The molecule has 2 N–H and O–H groups in total. The first-order valence-corrected chi connectivity index (χ1v) is 9.03. The lowest BCUT2D eigenvalue weighted by Gasteiger charge is -2.21. The monoisotopic (exact) mass is 390 g/mol. The molecule has 7 nitrogen and oxygen atoms in total. The molecule has 3 rings (SSSR count). The molecular formula is C21H26O7. The van der Waals surface area contributed by atoms with Gasteiger partial charge in [-0.3, -0.25) is 0 Å². The topological polar surface area (TPSA) is 94.5 Å². The Morgan fingerprint density at radius 2 is 1.36 bits per heavy atom. The van der Waals surface area contributed by atoms with Gasteiger partial charge < -0.3 is 29.2 Å². The van der Waals surface area contributed by atoms with E-state index >= 15 is 0 Å². The van der Waals surface area contributed by atoms with Gasteiger partial charge in [-0.2, -0.15) is 0 Å². The second-order valence-electron chi connectivity index (χ2n) is 6.07. The highest BCUT2D eigenvalue weighted by atomic mass is 16.7. The number of rotatable bonds is 8. The lowest BCUT2D eigenvalue weighted by molar-refractivity contribution is -0.0885. The summed E-state index contributed by atoms with van der Waals surface area (Å²) in [5.41, 5.74) is 2.13. The second-order valence-corrected chi connectivity index (χ2v) is 6.07. The van der Waals surface area contributed by atoms with E-state index in [2.05, 4.69) is 0 Å². The Balaban J connectivity index is 0.000000203. The summed E-state index contributed by atoms with van der Waals surface area (Å²) in [6, 6.07) is 19.5. The van der Waals surface area contributed by atoms with Crippen LogP contribution in [0.5, 0.6) is 0 Å². The number of carbonyl (C=O) groups excluding carboxylic acids is 1. The summed E-state index contributed by atoms with van der Waals surface area (Å²) >= 11 is 0. The highest BCUT2D eigenvalue weighted by Crippen LogP contribution is 2.08. The molecule has 0 radical (unpaired) electrons. The van der Waals surface area contributed by atoms with E-state index in [1.165, 1.54) is 0 Å². The Morgan fingerprint density at radius 1 is 0.857 bits per heavy atom. The lowest BCUT2D eigenvalue weighted by atomic mass is 10.2. The molecule has 1 heterocycles. The van der Waals surface area contributed by atoms with Crippen molar-refractivity contribution in [2.24, 2.45) is 0 Å².